The first-order chi connectivity index (χ1) is 15.6. The molecule has 0 aromatic heterocycles. The van der Waals surface area contributed by atoms with Crippen LogP contribution in [-0.2, 0) is 17.9 Å². The molecule has 3 amide bonds. The summed E-state index contributed by atoms with van der Waals surface area (Å²) in [7, 11) is 1.56. The molecule has 0 spiro atoms. The van der Waals surface area contributed by atoms with Crippen molar-refractivity contribution in [2.75, 3.05) is 12.4 Å². The molecule has 0 saturated heterocycles. The van der Waals surface area contributed by atoms with E-state index in [1.54, 1.807) is 7.11 Å². The van der Waals surface area contributed by atoms with Crippen LogP contribution in [0.25, 0.3) is 0 Å². The van der Waals surface area contributed by atoms with E-state index in [2.05, 4.69) is 29.5 Å². The fourth-order valence-corrected chi connectivity index (χ4v) is 4.05. The Labute approximate surface area is 195 Å². The van der Waals surface area contributed by atoms with E-state index < -0.39 is 5.54 Å². The monoisotopic (exact) mass is 451 g/mol. The predicted molar refractivity (Wildman–Crippen MR) is 130 cm³/mol. The zero-order valence-electron chi connectivity index (χ0n) is 19.9. The Morgan fingerprint density at radius 2 is 1.85 bits per heavy atom. The second-order valence-electron chi connectivity index (χ2n) is 9.06. The van der Waals surface area contributed by atoms with Crippen LogP contribution >= 0.6 is 0 Å². The van der Waals surface area contributed by atoms with Crippen LogP contribution in [0.1, 0.15) is 43.9 Å². The Morgan fingerprint density at radius 3 is 2.48 bits per heavy atom. The summed E-state index contributed by atoms with van der Waals surface area (Å²) in [6.45, 7) is 8.65. The Morgan fingerprint density at radius 1 is 1.18 bits per heavy atom. The van der Waals surface area contributed by atoms with Gasteiger partial charge in [-0.3, -0.25) is 9.69 Å². The molecule has 8 heteroatoms. The van der Waals surface area contributed by atoms with Gasteiger partial charge in [-0.25, -0.2) is 9.79 Å². The predicted octanol–water partition coefficient (Wildman–Crippen LogP) is 3.79. The summed E-state index contributed by atoms with van der Waals surface area (Å²) in [4.78, 5) is 31.2. The number of aliphatic imine (C=N–C) groups is 1. The summed E-state index contributed by atoms with van der Waals surface area (Å²) in [6.07, 6.45) is 0.657. The largest absolute Gasteiger partial charge is 0.495 e. The number of ether oxygens (including phenoxy) is 1. The number of hydrogen-bond acceptors (Lipinski definition) is 5. The van der Waals surface area contributed by atoms with Gasteiger partial charge in [0.2, 0.25) is 0 Å². The van der Waals surface area contributed by atoms with Crippen molar-refractivity contribution in [1.29, 1.82) is 0 Å². The van der Waals surface area contributed by atoms with Gasteiger partial charge in [-0.2, -0.15) is 0 Å². The van der Waals surface area contributed by atoms with Crippen molar-refractivity contribution in [2.45, 2.75) is 52.7 Å². The molecule has 1 unspecified atom stereocenters. The lowest BCUT2D eigenvalue weighted by molar-refractivity contribution is -0.131. The van der Waals surface area contributed by atoms with E-state index >= 15 is 0 Å². The van der Waals surface area contributed by atoms with Crippen LogP contribution in [0.15, 0.2) is 47.5 Å². The number of methoxy groups -OCH3 is 1. The second-order valence-corrected chi connectivity index (χ2v) is 9.06. The van der Waals surface area contributed by atoms with Crippen LogP contribution in [0.5, 0.6) is 5.75 Å². The maximum atomic E-state index is 12.9. The van der Waals surface area contributed by atoms with Crippen molar-refractivity contribution in [1.82, 2.24) is 10.2 Å². The molecule has 3 rings (SSSR count). The lowest BCUT2D eigenvalue weighted by atomic mass is 9.91. The number of aryl methyl sites for hydroxylation is 1. The number of anilines is 1. The average Bonchev–Trinajstić information content (AvgIpc) is 2.95. The van der Waals surface area contributed by atoms with E-state index in [-0.39, 0.29) is 17.9 Å². The molecule has 4 N–H and O–H groups in total. The number of nitrogens with two attached hydrogens (primary N) is 1. The first kappa shape index (κ1) is 24.1. The minimum Gasteiger partial charge on any atom is -0.495 e. The smallest absolute Gasteiger partial charge is 0.319 e. The van der Waals surface area contributed by atoms with Crippen LogP contribution in [-0.4, -0.2) is 35.4 Å². The Kier molecular flexibility index (Phi) is 7.26. The first-order valence-corrected chi connectivity index (χ1v) is 11.1. The molecular formula is C25H33N5O3. The van der Waals surface area contributed by atoms with Gasteiger partial charge in [0.25, 0.3) is 5.91 Å². The number of rotatable bonds is 8. The lowest BCUT2D eigenvalue weighted by Gasteiger charge is -2.23. The van der Waals surface area contributed by atoms with Gasteiger partial charge in [0.05, 0.1) is 19.3 Å². The van der Waals surface area contributed by atoms with E-state index in [1.165, 1.54) is 4.90 Å². The number of carbonyl (C=O) groups is 2. The minimum atomic E-state index is -0.796. The summed E-state index contributed by atoms with van der Waals surface area (Å²) in [5.74, 6) is 1.13. The Balaban J connectivity index is 1.56. The minimum absolute atomic E-state index is 0.0670. The number of guanidine groups is 1. The fraction of sp³-hybridized carbons (Fsp3) is 0.400. The molecule has 0 aliphatic carbocycles. The van der Waals surface area contributed by atoms with Crippen molar-refractivity contribution >= 4 is 23.6 Å². The molecule has 8 nitrogen and oxygen atoms in total. The zero-order valence-corrected chi connectivity index (χ0v) is 19.9. The normalized spacial score (nSPS) is 17.8. The van der Waals surface area contributed by atoms with Crippen molar-refractivity contribution in [3.05, 3.63) is 59.2 Å². The van der Waals surface area contributed by atoms with Crippen LogP contribution in [0, 0.1) is 12.8 Å². The Bertz CT molecular complexity index is 1050. The van der Waals surface area contributed by atoms with Crippen molar-refractivity contribution in [3.63, 3.8) is 0 Å². The molecule has 1 aliphatic rings. The summed E-state index contributed by atoms with van der Waals surface area (Å²) < 4.78 is 5.29. The standard InChI is InChI=1S/C25H33N5O3/c1-16(2)13-25(4)22(31)30(23(26)29-25)15-19-9-7-18(8-10-19)14-27-24(32)28-20-12-17(3)6-11-21(20)33-5/h6-12,16H,13-15H2,1-5H3,(H2,26,29)(H2,27,28,32). The number of hydrogen-bond donors (Lipinski definition) is 3. The highest BCUT2D eigenvalue weighted by molar-refractivity contribution is 6.06. The molecule has 0 radical (unpaired) electrons. The molecule has 33 heavy (non-hydrogen) atoms. The average molecular weight is 452 g/mol. The van der Waals surface area contributed by atoms with Gasteiger partial charge >= 0.3 is 6.03 Å². The third-order valence-corrected chi connectivity index (χ3v) is 5.57. The molecule has 176 valence electrons. The van der Waals surface area contributed by atoms with Gasteiger partial charge in [0.1, 0.15) is 11.3 Å². The van der Waals surface area contributed by atoms with Crippen LogP contribution in [0.2, 0.25) is 0 Å². The molecule has 1 heterocycles. The molecule has 2 aromatic rings. The number of nitrogens with one attached hydrogen (secondary N) is 2. The first-order valence-electron chi connectivity index (χ1n) is 11.1. The molecular weight excluding hydrogens is 418 g/mol. The van der Waals surface area contributed by atoms with Gasteiger partial charge in [0, 0.05) is 6.54 Å². The van der Waals surface area contributed by atoms with Crippen molar-refractivity contribution in [2.24, 2.45) is 16.6 Å². The van der Waals surface area contributed by atoms with Crippen LogP contribution < -0.4 is 21.1 Å². The Hall–Kier alpha value is -3.55. The number of nitrogens with zero attached hydrogens (tertiary/aromatic N) is 2. The van der Waals surface area contributed by atoms with Gasteiger partial charge < -0.3 is 21.1 Å². The molecule has 1 aliphatic heterocycles. The van der Waals surface area contributed by atoms with E-state index in [0.29, 0.717) is 36.9 Å². The van der Waals surface area contributed by atoms with E-state index in [4.69, 9.17) is 10.5 Å². The van der Waals surface area contributed by atoms with Gasteiger partial charge in [-0.05, 0) is 55.0 Å². The summed E-state index contributed by atoms with van der Waals surface area (Å²) >= 11 is 0. The second kappa shape index (κ2) is 9.94. The number of benzene rings is 2. The summed E-state index contributed by atoms with van der Waals surface area (Å²) in [6, 6.07) is 13.0. The molecule has 0 bridgehead atoms. The zero-order chi connectivity index (χ0) is 24.2. The van der Waals surface area contributed by atoms with E-state index in [0.717, 1.165) is 16.7 Å². The van der Waals surface area contributed by atoms with Gasteiger partial charge in [0.15, 0.2) is 5.96 Å². The number of carbonyl (C=O) groups excluding carboxylic acids is 2. The molecule has 1 atom stereocenters. The van der Waals surface area contributed by atoms with Crippen LogP contribution in [0.4, 0.5) is 10.5 Å². The highest BCUT2D eigenvalue weighted by Crippen LogP contribution is 2.29. The van der Waals surface area contributed by atoms with E-state index in [9.17, 15) is 9.59 Å². The number of amides is 3. The van der Waals surface area contributed by atoms with E-state index in [1.807, 2.05) is 56.3 Å². The topological polar surface area (TPSA) is 109 Å². The van der Waals surface area contributed by atoms with Gasteiger partial charge in [-0.15, -0.1) is 0 Å². The SMILES string of the molecule is COc1ccc(C)cc1NC(=O)NCc1ccc(CN2C(=O)C(C)(CC(C)C)N=C2N)cc1. The molecule has 0 fully saturated rings. The highest BCUT2D eigenvalue weighted by atomic mass is 16.5. The third-order valence-electron chi connectivity index (χ3n) is 5.57. The quantitative estimate of drug-likeness (QED) is 0.567. The van der Waals surface area contributed by atoms with Crippen LogP contribution in [0.3, 0.4) is 0 Å². The summed E-state index contributed by atoms with van der Waals surface area (Å²) in [5.41, 5.74) is 8.78. The van der Waals surface area contributed by atoms with Gasteiger partial charge in [-0.1, -0.05) is 44.2 Å². The summed E-state index contributed by atoms with van der Waals surface area (Å²) in [5, 5.41) is 5.66. The fourth-order valence-electron chi connectivity index (χ4n) is 4.05. The maximum absolute atomic E-state index is 12.9. The molecule has 2 aromatic carbocycles. The molecule has 0 saturated carbocycles. The third kappa shape index (κ3) is 5.83. The lowest BCUT2D eigenvalue weighted by Crippen LogP contribution is -2.43. The van der Waals surface area contributed by atoms with Crippen molar-refractivity contribution < 1.29 is 14.3 Å². The van der Waals surface area contributed by atoms with Crippen molar-refractivity contribution in [3.8, 4) is 5.75 Å². The number of urea groups is 1. The maximum Gasteiger partial charge on any atom is 0.319 e. The highest BCUT2D eigenvalue weighted by Gasteiger charge is 2.43.